The first-order chi connectivity index (χ1) is 9.11. The topological polar surface area (TPSA) is 63.4 Å². The van der Waals surface area contributed by atoms with Crippen molar-refractivity contribution in [1.29, 1.82) is 0 Å². The maximum atomic E-state index is 12.3. The van der Waals surface area contributed by atoms with E-state index in [1.807, 2.05) is 31.2 Å². The lowest BCUT2D eigenvalue weighted by Crippen LogP contribution is -2.43. The number of nitrogens with two attached hydrogens (primary N) is 1. The van der Waals surface area contributed by atoms with Crippen LogP contribution in [-0.4, -0.2) is 35.7 Å². The molecular formula is C15H20N2O2. The van der Waals surface area contributed by atoms with Gasteiger partial charge in [0.2, 0.25) is 5.91 Å². The fourth-order valence-corrected chi connectivity index (χ4v) is 2.54. The van der Waals surface area contributed by atoms with E-state index in [4.69, 9.17) is 5.73 Å². The van der Waals surface area contributed by atoms with Gasteiger partial charge in [0.15, 0.2) is 5.78 Å². The maximum absolute atomic E-state index is 12.3. The van der Waals surface area contributed by atoms with E-state index in [1.165, 1.54) is 5.56 Å². The minimum atomic E-state index is -0.280. The Morgan fingerprint density at radius 1 is 1.32 bits per heavy atom. The lowest BCUT2D eigenvalue weighted by atomic mass is 10.0. The number of carbonyl (C=O) groups excluding carboxylic acids is 2. The Balaban J connectivity index is 2.03. The van der Waals surface area contributed by atoms with Gasteiger partial charge in [0.25, 0.3) is 0 Å². The van der Waals surface area contributed by atoms with Gasteiger partial charge in [0.05, 0.1) is 12.6 Å². The summed E-state index contributed by atoms with van der Waals surface area (Å²) in [7, 11) is 0. The molecule has 4 nitrogen and oxygen atoms in total. The predicted octanol–water partition coefficient (Wildman–Crippen LogP) is 1.06. The molecule has 0 aliphatic carbocycles. The lowest BCUT2D eigenvalue weighted by molar-refractivity contribution is -0.136. The molecule has 4 heteroatoms. The van der Waals surface area contributed by atoms with Crippen LogP contribution < -0.4 is 5.73 Å². The zero-order chi connectivity index (χ0) is 13.8. The van der Waals surface area contributed by atoms with Crippen LogP contribution in [0.5, 0.6) is 0 Å². The molecule has 2 rings (SSSR count). The van der Waals surface area contributed by atoms with Crippen molar-refractivity contribution >= 4 is 11.7 Å². The zero-order valence-corrected chi connectivity index (χ0v) is 11.3. The highest BCUT2D eigenvalue weighted by Gasteiger charge is 2.32. The summed E-state index contributed by atoms with van der Waals surface area (Å²) in [5.41, 5.74) is 7.56. The van der Waals surface area contributed by atoms with Crippen molar-refractivity contribution in [1.82, 2.24) is 4.90 Å². The third-order valence-electron chi connectivity index (χ3n) is 3.62. The summed E-state index contributed by atoms with van der Waals surface area (Å²) in [4.78, 5) is 25.6. The third kappa shape index (κ3) is 3.20. The Bertz CT molecular complexity index is 468. The highest BCUT2D eigenvalue weighted by molar-refractivity contribution is 5.91. The molecule has 19 heavy (non-hydrogen) atoms. The van der Waals surface area contributed by atoms with Crippen LogP contribution in [0.2, 0.25) is 0 Å². The van der Waals surface area contributed by atoms with Crippen molar-refractivity contribution in [3.8, 4) is 0 Å². The summed E-state index contributed by atoms with van der Waals surface area (Å²) in [6.07, 6.45) is 2.03. The van der Waals surface area contributed by atoms with Crippen LogP contribution in [0.25, 0.3) is 0 Å². The first-order valence-corrected chi connectivity index (χ1v) is 6.69. The number of aryl methyl sites for hydroxylation is 1. The molecular weight excluding hydrogens is 240 g/mol. The number of rotatable bonds is 4. The number of ketones is 1. The fourth-order valence-electron chi connectivity index (χ4n) is 2.54. The number of hydrogen-bond acceptors (Lipinski definition) is 3. The standard InChI is InChI=1S/C15H20N2O2/c1-11-4-6-12(7-5-11)9-14(18)13-3-2-8-17(13)15(19)10-16/h4-7,13H,2-3,8-10,16H2,1H3/t13-/m1/s1. The van der Waals surface area contributed by atoms with Crippen molar-refractivity contribution in [3.05, 3.63) is 35.4 Å². The van der Waals surface area contributed by atoms with E-state index in [0.717, 1.165) is 18.4 Å². The molecule has 0 bridgehead atoms. The van der Waals surface area contributed by atoms with Crippen LogP contribution in [0.1, 0.15) is 24.0 Å². The molecule has 1 aliphatic rings. The van der Waals surface area contributed by atoms with Gasteiger partial charge < -0.3 is 10.6 Å². The second kappa shape index (κ2) is 5.97. The van der Waals surface area contributed by atoms with Gasteiger partial charge in [-0.25, -0.2) is 0 Å². The predicted molar refractivity (Wildman–Crippen MR) is 73.7 cm³/mol. The Morgan fingerprint density at radius 3 is 2.63 bits per heavy atom. The number of Topliss-reactive ketones (excluding diaryl/α,β-unsaturated/α-hetero) is 1. The van der Waals surface area contributed by atoms with E-state index in [2.05, 4.69) is 0 Å². The van der Waals surface area contributed by atoms with Gasteiger partial charge >= 0.3 is 0 Å². The van der Waals surface area contributed by atoms with E-state index in [1.54, 1.807) is 4.90 Å². The smallest absolute Gasteiger partial charge is 0.236 e. The number of hydrogen-bond donors (Lipinski definition) is 1. The average Bonchev–Trinajstić information content (AvgIpc) is 2.90. The summed E-state index contributed by atoms with van der Waals surface area (Å²) < 4.78 is 0. The number of nitrogens with zero attached hydrogens (tertiary/aromatic N) is 1. The van der Waals surface area contributed by atoms with Crippen LogP contribution in [0.15, 0.2) is 24.3 Å². The molecule has 0 spiro atoms. The summed E-state index contributed by atoms with van der Waals surface area (Å²) in [6, 6.07) is 7.66. The maximum Gasteiger partial charge on any atom is 0.236 e. The summed E-state index contributed by atoms with van der Waals surface area (Å²) in [5.74, 6) is -0.0112. The van der Waals surface area contributed by atoms with Crippen molar-refractivity contribution in [3.63, 3.8) is 0 Å². The number of carbonyl (C=O) groups is 2. The molecule has 1 amide bonds. The molecule has 2 N–H and O–H groups in total. The summed E-state index contributed by atoms with van der Waals surface area (Å²) >= 11 is 0. The molecule has 102 valence electrons. The van der Waals surface area contributed by atoms with Crippen molar-refractivity contribution in [2.75, 3.05) is 13.1 Å². The molecule has 0 aromatic heterocycles. The average molecular weight is 260 g/mol. The monoisotopic (exact) mass is 260 g/mol. The van der Waals surface area contributed by atoms with Gasteiger partial charge in [-0.2, -0.15) is 0 Å². The summed E-state index contributed by atoms with van der Waals surface area (Å²) in [6.45, 7) is 2.65. The number of benzene rings is 1. The van der Waals surface area contributed by atoms with Gasteiger partial charge in [0.1, 0.15) is 0 Å². The number of likely N-dealkylation sites (tertiary alicyclic amines) is 1. The van der Waals surface area contributed by atoms with E-state index in [9.17, 15) is 9.59 Å². The van der Waals surface area contributed by atoms with Gasteiger partial charge in [-0.05, 0) is 25.3 Å². The molecule has 1 fully saturated rings. The second-order valence-corrected chi connectivity index (χ2v) is 5.08. The van der Waals surface area contributed by atoms with Gasteiger partial charge in [-0.1, -0.05) is 29.8 Å². The Labute approximate surface area is 113 Å². The lowest BCUT2D eigenvalue weighted by Gasteiger charge is -2.23. The largest absolute Gasteiger partial charge is 0.332 e. The first-order valence-electron chi connectivity index (χ1n) is 6.69. The molecule has 0 radical (unpaired) electrons. The van der Waals surface area contributed by atoms with Crippen LogP contribution in [0.3, 0.4) is 0 Å². The summed E-state index contributed by atoms with van der Waals surface area (Å²) in [5, 5.41) is 0. The highest BCUT2D eigenvalue weighted by Crippen LogP contribution is 2.19. The van der Waals surface area contributed by atoms with Crippen molar-refractivity contribution in [2.45, 2.75) is 32.2 Å². The Morgan fingerprint density at radius 2 is 2.00 bits per heavy atom. The third-order valence-corrected chi connectivity index (χ3v) is 3.62. The Kier molecular flexibility index (Phi) is 4.32. The quantitative estimate of drug-likeness (QED) is 0.880. The van der Waals surface area contributed by atoms with E-state index in [-0.39, 0.29) is 24.3 Å². The van der Waals surface area contributed by atoms with Crippen molar-refractivity contribution < 1.29 is 9.59 Å². The van der Waals surface area contributed by atoms with Crippen LogP contribution in [0.4, 0.5) is 0 Å². The SMILES string of the molecule is Cc1ccc(CC(=O)[C@H]2CCCN2C(=O)CN)cc1. The highest BCUT2D eigenvalue weighted by atomic mass is 16.2. The van der Waals surface area contributed by atoms with Gasteiger partial charge in [0, 0.05) is 13.0 Å². The van der Waals surface area contributed by atoms with E-state index >= 15 is 0 Å². The molecule has 1 aliphatic heterocycles. The fraction of sp³-hybridized carbons (Fsp3) is 0.467. The van der Waals surface area contributed by atoms with Crippen molar-refractivity contribution in [2.24, 2.45) is 5.73 Å². The molecule has 1 heterocycles. The molecule has 0 saturated carbocycles. The minimum Gasteiger partial charge on any atom is -0.332 e. The molecule has 0 unspecified atom stereocenters. The zero-order valence-electron chi connectivity index (χ0n) is 11.3. The van der Waals surface area contributed by atoms with Crippen LogP contribution in [-0.2, 0) is 16.0 Å². The van der Waals surface area contributed by atoms with E-state index in [0.29, 0.717) is 13.0 Å². The first kappa shape index (κ1) is 13.7. The second-order valence-electron chi connectivity index (χ2n) is 5.08. The van der Waals surface area contributed by atoms with Gasteiger partial charge in [-0.3, -0.25) is 9.59 Å². The van der Waals surface area contributed by atoms with Gasteiger partial charge in [-0.15, -0.1) is 0 Å². The molecule has 1 aromatic carbocycles. The van der Waals surface area contributed by atoms with Crippen LogP contribution >= 0.6 is 0 Å². The minimum absolute atomic E-state index is 0.0195. The van der Waals surface area contributed by atoms with E-state index < -0.39 is 0 Å². The number of amides is 1. The molecule has 1 aromatic rings. The van der Waals surface area contributed by atoms with Crippen LogP contribution in [0, 0.1) is 6.92 Å². The normalized spacial score (nSPS) is 18.6. The Hall–Kier alpha value is -1.68. The molecule has 1 saturated heterocycles. The molecule has 1 atom stereocenters.